The van der Waals surface area contributed by atoms with Gasteiger partial charge in [-0.15, -0.1) is 0 Å². The first kappa shape index (κ1) is 28.4. The third-order valence-electron chi connectivity index (χ3n) is 10.1. The monoisotopic (exact) mass is 636 g/mol. The summed E-state index contributed by atoms with van der Waals surface area (Å²) in [5.74, 6) is 0. The Kier molecular flexibility index (Phi) is 6.53. The molecule has 50 heavy (non-hydrogen) atoms. The highest BCUT2D eigenvalue weighted by Crippen LogP contribution is 2.43. The average Bonchev–Trinajstić information content (AvgIpc) is 3.71. The minimum atomic E-state index is 1.16. The Labute approximate surface area is 290 Å². The first-order valence-electron chi connectivity index (χ1n) is 17.2. The molecule has 2 heteroatoms. The number of nitrogens with zero attached hydrogens (tertiary/aromatic N) is 2. The molecule has 0 fully saturated rings. The molecule has 10 aromatic rings. The summed E-state index contributed by atoms with van der Waals surface area (Å²) in [4.78, 5) is 0. The Bertz CT molecular complexity index is 2840. The summed E-state index contributed by atoms with van der Waals surface area (Å²) in [6, 6.07) is 70.4. The molecule has 2 heterocycles. The van der Waals surface area contributed by atoms with Crippen molar-refractivity contribution in [1.29, 1.82) is 0 Å². The van der Waals surface area contributed by atoms with E-state index in [0.717, 1.165) is 5.69 Å². The predicted molar refractivity (Wildman–Crippen MR) is 211 cm³/mol. The molecule has 0 atom stereocenters. The van der Waals surface area contributed by atoms with Crippen molar-refractivity contribution >= 4 is 43.6 Å². The zero-order valence-electron chi connectivity index (χ0n) is 27.4. The first-order chi connectivity index (χ1) is 24.8. The van der Waals surface area contributed by atoms with E-state index in [1.807, 2.05) is 0 Å². The smallest absolute Gasteiger partial charge is 0.0547 e. The lowest BCUT2D eigenvalue weighted by atomic mass is 9.91. The van der Waals surface area contributed by atoms with Gasteiger partial charge in [0.2, 0.25) is 0 Å². The van der Waals surface area contributed by atoms with Crippen molar-refractivity contribution in [1.82, 2.24) is 9.13 Å². The van der Waals surface area contributed by atoms with Gasteiger partial charge in [-0.1, -0.05) is 133 Å². The van der Waals surface area contributed by atoms with E-state index < -0.39 is 0 Å². The van der Waals surface area contributed by atoms with Gasteiger partial charge in [-0.3, -0.25) is 0 Å². The number of aromatic nitrogens is 2. The van der Waals surface area contributed by atoms with E-state index in [4.69, 9.17) is 0 Å². The number of rotatable bonds is 5. The zero-order valence-corrected chi connectivity index (χ0v) is 27.4. The Morgan fingerprint density at radius 3 is 1.44 bits per heavy atom. The van der Waals surface area contributed by atoms with E-state index in [9.17, 15) is 0 Å². The van der Waals surface area contributed by atoms with Crippen molar-refractivity contribution < 1.29 is 0 Å². The van der Waals surface area contributed by atoms with E-state index in [1.54, 1.807) is 0 Å². The van der Waals surface area contributed by atoms with Crippen LogP contribution in [0.15, 0.2) is 194 Å². The van der Waals surface area contributed by atoms with Gasteiger partial charge in [0.05, 0.1) is 22.1 Å². The largest absolute Gasteiger partial charge is 0.309 e. The van der Waals surface area contributed by atoms with Crippen LogP contribution in [0.1, 0.15) is 0 Å². The molecular weight excluding hydrogens is 605 g/mol. The fourth-order valence-corrected chi connectivity index (χ4v) is 7.92. The van der Waals surface area contributed by atoms with Crippen molar-refractivity contribution in [3.63, 3.8) is 0 Å². The molecule has 0 spiro atoms. The van der Waals surface area contributed by atoms with Gasteiger partial charge in [0, 0.05) is 32.9 Å². The average molecular weight is 637 g/mol. The number of benzene rings is 8. The highest BCUT2D eigenvalue weighted by Gasteiger charge is 2.19. The molecule has 2 nitrogen and oxygen atoms in total. The molecule has 0 radical (unpaired) electrons. The van der Waals surface area contributed by atoms with Crippen LogP contribution in [0, 0.1) is 0 Å². The van der Waals surface area contributed by atoms with Gasteiger partial charge in [-0.2, -0.15) is 0 Å². The Morgan fingerprint density at radius 1 is 0.260 bits per heavy atom. The molecule has 0 saturated carbocycles. The van der Waals surface area contributed by atoms with Crippen molar-refractivity contribution in [2.24, 2.45) is 0 Å². The van der Waals surface area contributed by atoms with Gasteiger partial charge in [-0.05, 0) is 94.0 Å². The van der Waals surface area contributed by atoms with Gasteiger partial charge in [0.15, 0.2) is 0 Å². The molecule has 0 amide bonds. The summed E-state index contributed by atoms with van der Waals surface area (Å²) >= 11 is 0. The highest BCUT2D eigenvalue weighted by molar-refractivity contribution is 6.18. The SMILES string of the molecule is c1ccc(-c2ccccc2-c2cccc3c2c2cc(-c4ccc5c(c4)c4ccccc4n5-c4ccccc4)ccc2n3-c2ccccc2)cc1. The molecule has 0 saturated heterocycles. The summed E-state index contributed by atoms with van der Waals surface area (Å²) in [6.07, 6.45) is 0. The second kappa shape index (κ2) is 11.5. The van der Waals surface area contributed by atoms with Crippen LogP contribution in [0.25, 0.3) is 88.4 Å². The van der Waals surface area contributed by atoms with Crippen molar-refractivity contribution in [2.75, 3.05) is 0 Å². The third-order valence-corrected chi connectivity index (χ3v) is 10.1. The Hall–Kier alpha value is -6.64. The number of hydrogen-bond acceptors (Lipinski definition) is 0. The molecule has 0 bridgehead atoms. The maximum Gasteiger partial charge on any atom is 0.0547 e. The predicted octanol–water partition coefficient (Wildman–Crippen LogP) is 12.9. The molecule has 2 aromatic heterocycles. The van der Waals surface area contributed by atoms with E-state index in [0.29, 0.717) is 0 Å². The molecule has 0 N–H and O–H groups in total. The highest BCUT2D eigenvalue weighted by atomic mass is 15.0. The maximum absolute atomic E-state index is 2.42. The molecule has 0 aliphatic carbocycles. The van der Waals surface area contributed by atoms with E-state index in [-0.39, 0.29) is 0 Å². The standard InChI is InChI=1S/C48H32N2/c1-4-15-33(16-5-1)38-21-10-11-22-39(38)41-24-14-26-47-48(41)43-32-35(28-30-46(43)50(47)37-19-8-3-9-20-37)34-27-29-45-42(31-34)40-23-12-13-25-44(40)49(45)36-17-6-2-7-18-36/h1-32H. The van der Waals surface area contributed by atoms with Crippen molar-refractivity contribution in [3.8, 4) is 44.8 Å². The minimum Gasteiger partial charge on any atom is -0.309 e. The molecular formula is C48H32N2. The zero-order chi connectivity index (χ0) is 33.0. The van der Waals surface area contributed by atoms with E-state index in [2.05, 4.69) is 203 Å². The molecule has 8 aromatic carbocycles. The van der Waals surface area contributed by atoms with Crippen LogP contribution in [-0.4, -0.2) is 9.13 Å². The van der Waals surface area contributed by atoms with E-state index in [1.165, 1.54) is 82.7 Å². The summed E-state index contributed by atoms with van der Waals surface area (Å²) in [6.45, 7) is 0. The third kappa shape index (κ3) is 4.43. The number of hydrogen-bond donors (Lipinski definition) is 0. The Morgan fingerprint density at radius 2 is 0.740 bits per heavy atom. The van der Waals surface area contributed by atoms with Crippen LogP contribution in [-0.2, 0) is 0 Å². The molecule has 0 unspecified atom stereocenters. The summed E-state index contributed by atoms with van der Waals surface area (Å²) in [7, 11) is 0. The van der Waals surface area contributed by atoms with Gasteiger partial charge in [0.25, 0.3) is 0 Å². The molecule has 0 aliphatic rings. The van der Waals surface area contributed by atoms with Gasteiger partial charge >= 0.3 is 0 Å². The lowest BCUT2D eigenvalue weighted by Gasteiger charge is -2.12. The lowest BCUT2D eigenvalue weighted by Crippen LogP contribution is -1.93. The fraction of sp³-hybridized carbons (Fsp3) is 0. The van der Waals surface area contributed by atoms with Gasteiger partial charge < -0.3 is 9.13 Å². The van der Waals surface area contributed by atoms with Crippen LogP contribution in [0.3, 0.4) is 0 Å². The second-order valence-corrected chi connectivity index (χ2v) is 12.9. The summed E-state index contributed by atoms with van der Waals surface area (Å²) in [5, 5.41) is 5.02. The van der Waals surface area contributed by atoms with Crippen LogP contribution in [0.4, 0.5) is 0 Å². The minimum absolute atomic E-state index is 1.16. The summed E-state index contributed by atoms with van der Waals surface area (Å²) < 4.78 is 4.79. The van der Waals surface area contributed by atoms with Crippen LogP contribution >= 0.6 is 0 Å². The molecule has 234 valence electrons. The quantitative estimate of drug-likeness (QED) is 0.178. The molecule has 0 aliphatic heterocycles. The maximum atomic E-state index is 2.42. The van der Waals surface area contributed by atoms with Crippen molar-refractivity contribution in [2.45, 2.75) is 0 Å². The number of fused-ring (bicyclic) bond motifs is 6. The summed E-state index contributed by atoms with van der Waals surface area (Å²) in [5.41, 5.74) is 14.5. The molecule has 10 rings (SSSR count). The topological polar surface area (TPSA) is 9.86 Å². The fourth-order valence-electron chi connectivity index (χ4n) is 7.92. The number of para-hydroxylation sites is 3. The normalized spacial score (nSPS) is 11.6. The van der Waals surface area contributed by atoms with Crippen molar-refractivity contribution in [3.05, 3.63) is 194 Å². The van der Waals surface area contributed by atoms with E-state index >= 15 is 0 Å². The second-order valence-electron chi connectivity index (χ2n) is 12.9. The Balaban J connectivity index is 1.24. The van der Waals surface area contributed by atoms with Gasteiger partial charge in [0.1, 0.15) is 0 Å². The first-order valence-corrected chi connectivity index (χ1v) is 17.2. The van der Waals surface area contributed by atoms with Crippen LogP contribution in [0.5, 0.6) is 0 Å². The van der Waals surface area contributed by atoms with Crippen LogP contribution in [0.2, 0.25) is 0 Å². The van der Waals surface area contributed by atoms with Crippen LogP contribution < -0.4 is 0 Å². The lowest BCUT2D eigenvalue weighted by molar-refractivity contribution is 1.18. The van der Waals surface area contributed by atoms with Gasteiger partial charge in [-0.25, -0.2) is 0 Å².